The number of ether oxygens (including phenoxy) is 1. The number of rotatable bonds is 1. The van der Waals surface area contributed by atoms with Crippen LogP contribution >= 0.6 is 0 Å². The van der Waals surface area contributed by atoms with Crippen LogP contribution in [0.25, 0.3) is 0 Å². The van der Waals surface area contributed by atoms with Crippen molar-refractivity contribution in [2.24, 2.45) is 11.1 Å². The van der Waals surface area contributed by atoms with Gasteiger partial charge in [0.2, 0.25) is 0 Å². The van der Waals surface area contributed by atoms with Crippen LogP contribution in [0.4, 0.5) is 0 Å². The van der Waals surface area contributed by atoms with Gasteiger partial charge in [0, 0.05) is 13.2 Å². The van der Waals surface area contributed by atoms with E-state index in [2.05, 4.69) is 0 Å². The molecule has 1 aliphatic carbocycles. The Hall–Kier alpha value is -0.0800. The van der Waals surface area contributed by atoms with Crippen molar-refractivity contribution in [1.29, 1.82) is 0 Å². The van der Waals surface area contributed by atoms with Crippen LogP contribution in [0.3, 0.4) is 0 Å². The quantitative estimate of drug-likeness (QED) is 0.589. The van der Waals surface area contributed by atoms with Gasteiger partial charge in [-0.25, -0.2) is 0 Å². The highest BCUT2D eigenvalue weighted by atomic mass is 16.5. The Balaban J connectivity index is 1.91. The minimum Gasteiger partial charge on any atom is -0.377 e. The first-order valence-corrected chi connectivity index (χ1v) is 4.16. The number of hydrogen-bond donors (Lipinski definition) is 1. The van der Waals surface area contributed by atoms with Crippen molar-refractivity contribution in [2.45, 2.75) is 31.8 Å². The largest absolute Gasteiger partial charge is 0.377 e. The third-order valence-corrected chi connectivity index (χ3v) is 2.87. The van der Waals surface area contributed by atoms with E-state index in [4.69, 9.17) is 10.5 Å². The third kappa shape index (κ3) is 1.06. The van der Waals surface area contributed by atoms with Crippen LogP contribution in [0.15, 0.2) is 0 Å². The zero-order valence-corrected chi connectivity index (χ0v) is 6.31. The Morgan fingerprint density at radius 1 is 1.40 bits per heavy atom. The Bertz CT molecular complexity index is 131. The summed E-state index contributed by atoms with van der Waals surface area (Å²) in [6, 6.07) is 0. The second-order valence-corrected chi connectivity index (χ2v) is 3.68. The van der Waals surface area contributed by atoms with Gasteiger partial charge < -0.3 is 10.5 Å². The fourth-order valence-electron chi connectivity index (χ4n) is 1.87. The summed E-state index contributed by atoms with van der Waals surface area (Å²) in [6.07, 6.45) is 5.73. The van der Waals surface area contributed by atoms with Gasteiger partial charge in [-0.05, 0) is 31.1 Å². The van der Waals surface area contributed by atoms with Crippen molar-refractivity contribution in [3.05, 3.63) is 0 Å². The molecule has 58 valence electrons. The van der Waals surface area contributed by atoms with Crippen LogP contribution in [0.5, 0.6) is 0 Å². The van der Waals surface area contributed by atoms with Crippen LogP contribution in [0.1, 0.15) is 25.7 Å². The second-order valence-electron chi connectivity index (χ2n) is 3.68. The van der Waals surface area contributed by atoms with Gasteiger partial charge >= 0.3 is 0 Å². The van der Waals surface area contributed by atoms with E-state index in [1.807, 2.05) is 0 Å². The van der Waals surface area contributed by atoms with Crippen LogP contribution in [-0.2, 0) is 4.74 Å². The molecule has 1 aliphatic heterocycles. The maximum absolute atomic E-state index is 5.53. The Morgan fingerprint density at radius 2 is 2.20 bits per heavy atom. The summed E-state index contributed by atoms with van der Waals surface area (Å²) in [5, 5.41) is 0. The first kappa shape index (κ1) is 6.62. The summed E-state index contributed by atoms with van der Waals surface area (Å²) in [5.41, 5.74) is 6.22. The summed E-state index contributed by atoms with van der Waals surface area (Å²) >= 11 is 0. The predicted molar refractivity (Wildman–Crippen MR) is 39.7 cm³/mol. The zero-order valence-electron chi connectivity index (χ0n) is 6.31. The lowest BCUT2D eigenvalue weighted by Gasteiger charge is -2.28. The van der Waals surface area contributed by atoms with E-state index < -0.39 is 0 Å². The van der Waals surface area contributed by atoms with Gasteiger partial charge in [-0.3, -0.25) is 0 Å². The van der Waals surface area contributed by atoms with E-state index in [0.29, 0.717) is 18.1 Å². The highest BCUT2D eigenvalue weighted by Gasteiger charge is 2.45. The molecule has 2 nitrogen and oxygen atoms in total. The molecular weight excluding hydrogens is 126 g/mol. The lowest BCUT2D eigenvalue weighted by Crippen LogP contribution is -2.32. The summed E-state index contributed by atoms with van der Waals surface area (Å²) < 4.78 is 5.48. The van der Waals surface area contributed by atoms with Gasteiger partial charge in [-0.1, -0.05) is 0 Å². The number of nitrogens with two attached hydrogens (primary N) is 1. The molecular formula is C8H15NO. The normalized spacial score (nSPS) is 36.3. The van der Waals surface area contributed by atoms with Gasteiger partial charge in [0.1, 0.15) is 0 Å². The van der Waals surface area contributed by atoms with E-state index in [-0.39, 0.29) is 0 Å². The fraction of sp³-hybridized carbons (Fsp3) is 1.00. The standard InChI is InChI=1S/C8H15NO/c9-6-7-5-8(1-2-8)3-4-10-7/h7H,1-6,9H2. The molecule has 1 saturated heterocycles. The SMILES string of the molecule is NCC1CC2(CCO1)CC2. The molecule has 0 radical (unpaired) electrons. The molecule has 1 saturated carbocycles. The van der Waals surface area contributed by atoms with Crippen molar-refractivity contribution >= 4 is 0 Å². The molecule has 1 atom stereocenters. The highest BCUT2D eigenvalue weighted by Crippen LogP contribution is 2.54. The molecule has 10 heavy (non-hydrogen) atoms. The van der Waals surface area contributed by atoms with Crippen molar-refractivity contribution in [3.63, 3.8) is 0 Å². The summed E-state index contributed by atoms with van der Waals surface area (Å²) in [5.74, 6) is 0. The van der Waals surface area contributed by atoms with Gasteiger partial charge in [-0.2, -0.15) is 0 Å². The molecule has 1 heterocycles. The third-order valence-electron chi connectivity index (χ3n) is 2.87. The molecule has 1 spiro atoms. The van der Waals surface area contributed by atoms with E-state index in [1.54, 1.807) is 0 Å². The Kier molecular flexibility index (Phi) is 1.46. The van der Waals surface area contributed by atoms with Gasteiger partial charge in [0.25, 0.3) is 0 Å². The monoisotopic (exact) mass is 141 g/mol. The molecule has 2 N–H and O–H groups in total. The molecule has 0 aromatic rings. The minimum atomic E-state index is 0.372. The maximum atomic E-state index is 5.53. The summed E-state index contributed by atoms with van der Waals surface area (Å²) in [6.45, 7) is 1.66. The number of hydrogen-bond acceptors (Lipinski definition) is 2. The highest BCUT2D eigenvalue weighted by molar-refractivity contribution is 4.96. The summed E-state index contributed by atoms with van der Waals surface area (Å²) in [7, 11) is 0. The fourth-order valence-corrected chi connectivity index (χ4v) is 1.87. The van der Waals surface area contributed by atoms with Crippen LogP contribution in [0.2, 0.25) is 0 Å². The molecule has 2 rings (SSSR count). The molecule has 0 aromatic heterocycles. The van der Waals surface area contributed by atoms with E-state index in [9.17, 15) is 0 Å². The second kappa shape index (κ2) is 2.21. The molecule has 0 amide bonds. The molecule has 0 aromatic carbocycles. The average Bonchev–Trinajstić information content (AvgIpc) is 2.70. The Morgan fingerprint density at radius 3 is 2.80 bits per heavy atom. The Labute approximate surface area is 61.7 Å². The smallest absolute Gasteiger partial charge is 0.0702 e. The summed E-state index contributed by atoms with van der Waals surface area (Å²) in [4.78, 5) is 0. The van der Waals surface area contributed by atoms with Crippen LogP contribution in [0, 0.1) is 5.41 Å². The molecule has 2 aliphatic rings. The van der Waals surface area contributed by atoms with Gasteiger partial charge in [-0.15, -0.1) is 0 Å². The van der Waals surface area contributed by atoms with E-state index >= 15 is 0 Å². The van der Waals surface area contributed by atoms with Crippen LogP contribution < -0.4 is 5.73 Å². The average molecular weight is 141 g/mol. The topological polar surface area (TPSA) is 35.2 Å². The molecule has 2 heteroatoms. The van der Waals surface area contributed by atoms with Gasteiger partial charge in [0.15, 0.2) is 0 Å². The molecule has 1 unspecified atom stereocenters. The molecule has 2 fully saturated rings. The van der Waals surface area contributed by atoms with Crippen LogP contribution in [-0.4, -0.2) is 19.3 Å². The van der Waals surface area contributed by atoms with E-state index in [1.165, 1.54) is 25.7 Å². The molecule has 0 bridgehead atoms. The van der Waals surface area contributed by atoms with Crippen molar-refractivity contribution < 1.29 is 4.74 Å². The first-order chi connectivity index (χ1) is 4.85. The maximum Gasteiger partial charge on any atom is 0.0702 e. The van der Waals surface area contributed by atoms with E-state index in [0.717, 1.165) is 6.61 Å². The predicted octanol–water partition coefficient (Wildman–Crippen LogP) is 0.904. The minimum absolute atomic E-state index is 0.372. The van der Waals surface area contributed by atoms with Crippen molar-refractivity contribution in [3.8, 4) is 0 Å². The lowest BCUT2D eigenvalue weighted by atomic mass is 9.92. The van der Waals surface area contributed by atoms with Gasteiger partial charge in [0.05, 0.1) is 6.10 Å². The van der Waals surface area contributed by atoms with Crippen molar-refractivity contribution in [1.82, 2.24) is 0 Å². The lowest BCUT2D eigenvalue weighted by molar-refractivity contribution is -0.0104. The first-order valence-electron chi connectivity index (χ1n) is 4.16. The zero-order chi connectivity index (χ0) is 7.03. The van der Waals surface area contributed by atoms with Crippen molar-refractivity contribution in [2.75, 3.05) is 13.2 Å².